The lowest BCUT2D eigenvalue weighted by Gasteiger charge is -2.25. The molecule has 1 aliphatic heterocycles. The van der Waals surface area contributed by atoms with Gasteiger partial charge in [0.05, 0.1) is 17.6 Å². The average molecular weight is 440 g/mol. The van der Waals surface area contributed by atoms with Crippen LogP contribution >= 0.6 is 11.5 Å². The molecule has 10 heteroatoms. The standard InChI is InChI=1S/C21H25N7O2S/c1-21(2,3)30-20(29)28(5)15-7-6-9-22-18(15)25-19-24-17(26-31-19)14-11-13-8-10-27(4)16(13)12-23-14/h6-7,9,11-12H,8,10H2,1-5H3,(H,22,24,25,26). The molecule has 3 aromatic rings. The third kappa shape index (κ3) is 4.58. The number of hydrogen-bond donors (Lipinski definition) is 1. The number of nitrogens with one attached hydrogen (secondary N) is 1. The van der Waals surface area contributed by atoms with Crippen molar-refractivity contribution in [3.8, 4) is 11.5 Å². The van der Waals surface area contributed by atoms with Gasteiger partial charge >= 0.3 is 6.09 Å². The zero-order valence-corrected chi connectivity index (χ0v) is 19.0. The molecule has 0 spiro atoms. The number of fused-ring (bicyclic) bond motifs is 1. The minimum Gasteiger partial charge on any atom is -0.443 e. The van der Waals surface area contributed by atoms with E-state index in [1.54, 1.807) is 25.4 Å². The quantitative estimate of drug-likeness (QED) is 0.649. The van der Waals surface area contributed by atoms with Gasteiger partial charge < -0.3 is 15.0 Å². The zero-order valence-electron chi connectivity index (χ0n) is 18.2. The van der Waals surface area contributed by atoms with Crippen LogP contribution in [0.15, 0.2) is 30.6 Å². The average Bonchev–Trinajstić information content (AvgIpc) is 3.33. The minimum atomic E-state index is -0.590. The Kier molecular flexibility index (Phi) is 5.48. The number of rotatable bonds is 4. The van der Waals surface area contributed by atoms with Crippen LogP contribution in [0.5, 0.6) is 0 Å². The second kappa shape index (κ2) is 8.10. The predicted octanol–water partition coefficient (Wildman–Crippen LogP) is 4.10. The monoisotopic (exact) mass is 439 g/mol. The van der Waals surface area contributed by atoms with Crippen LogP contribution in [0.2, 0.25) is 0 Å². The SMILES string of the molecule is CN1CCc2cc(-c3nsc(Nc4ncccc4N(C)C(=O)OC(C)(C)C)n3)ncc21. The lowest BCUT2D eigenvalue weighted by Crippen LogP contribution is -2.34. The van der Waals surface area contributed by atoms with E-state index in [-0.39, 0.29) is 0 Å². The predicted molar refractivity (Wildman–Crippen MR) is 122 cm³/mol. The molecule has 9 nitrogen and oxygen atoms in total. The molecule has 4 heterocycles. The molecule has 0 aromatic carbocycles. The van der Waals surface area contributed by atoms with Gasteiger partial charge in [-0.3, -0.25) is 9.88 Å². The Labute approximate surface area is 185 Å². The van der Waals surface area contributed by atoms with Gasteiger partial charge in [-0.15, -0.1) is 0 Å². The topological polar surface area (TPSA) is 96.4 Å². The molecule has 0 saturated heterocycles. The second-order valence-electron chi connectivity index (χ2n) is 8.33. The van der Waals surface area contributed by atoms with E-state index in [1.165, 1.54) is 22.0 Å². The van der Waals surface area contributed by atoms with E-state index in [4.69, 9.17) is 4.74 Å². The number of carbonyl (C=O) groups is 1. The second-order valence-corrected chi connectivity index (χ2v) is 9.08. The lowest BCUT2D eigenvalue weighted by atomic mass is 10.2. The Hall–Kier alpha value is -3.27. The van der Waals surface area contributed by atoms with E-state index in [0.29, 0.717) is 22.5 Å². The lowest BCUT2D eigenvalue weighted by molar-refractivity contribution is 0.0589. The molecule has 0 aliphatic carbocycles. The smallest absolute Gasteiger partial charge is 0.414 e. The molecule has 0 fully saturated rings. The van der Waals surface area contributed by atoms with E-state index in [1.807, 2.05) is 33.0 Å². The summed E-state index contributed by atoms with van der Waals surface area (Å²) in [5.41, 5.74) is 3.13. The number of nitrogens with zero attached hydrogens (tertiary/aromatic N) is 6. The summed E-state index contributed by atoms with van der Waals surface area (Å²) in [7, 11) is 3.71. The van der Waals surface area contributed by atoms with Crippen LogP contribution < -0.4 is 15.1 Å². The molecule has 0 atom stereocenters. The van der Waals surface area contributed by atoms with E-state index in [0.717, 1.165) is 24.3 Å². The molecule has 0 unspecified atom stereocenters. The van der Waals surface area contributed by atoms with Gasteiger partial charge in [-0.2, -0.15) is 9.36 Å². The molecular weight excluding hydrogens is 414 g/mol. The van der Waals surface area contributed by atoms with Crippen molar-refractivity contribution in [2.24, 2.45) is 0 Å². The molecule has 0 bridgehead atoms. The van der Waals surface area contributed by atoms with Crippen molar-refractivity contribution in [2.45, 2.75) is 32.8 Å². The third-order valence-corrected chi connectivity index (χ3v) is 5.42. The summed E-state index contributed by atoms with van der Waals surface area (Å²) in [6, 6.07) is 5.60. The Bertz CT molecular complexity index is 1110. The fourth-order valence-electron chi connectivity index (χ4n) is 3.24. The number of hydrogen-bond acceptors (Lipinski definition) is 9. The van der Waals surface area contributed by atoms with Gasteiger partial charge in [0, 0.05) is 38.4 Å². The van der Waals surface area contributed by atoms with Gasteiger partial charge in [0.1, 0.15) is 11.3 Å². The Morgan fingerprint density at radius 2 is 2.13 bits per heavy atom. The van der Waals surface area contributed by atoms with Crippen molar-refractivity contribution in [1.82, 2.24) is 19.3 Å². The number of aromatic nitrogens is 4. The van der Waals surface area contributed by atoms with Crippen LogP contribution in [0.3, 0.4) is 0 Å². The van der Waals surface area contributed by atoms with Crippen LogP contribution in [-0.4, -0.2) is 51.7 Å². The number of likely N-dealkylation sites (N-methyl/N-ethyl adjacent to an activating group) is 1. The maximum Gasteiger partial charge on any atom is 0.414 e. The Morgan fingerprint density at radius 1 is 1.32 bits per heavy atom. The molecule has 0 radical (unpaired) electrons. The molecule has 3 aromatic heterocycles. The molecular formula is C21H25N7O2S. The maximum atomic E-state index is 12.5. The van der Waals surface area contributed by atoms with Gasteiger partial charge in [0.15, 0.2) is 11.6 Å². The van der Waals surface area contributed by atoms with Crippen LogP contribution in [0.4, 0.5) is 27.1 Å². The summed E-state index contributed by atoms with van der Waals surface area (Å²) in [6.45, 7) is 6.48. The molecule has 162 valence electrons. The number of pyridine rings is 2. The van der Waals surface area contributed by atoms with Crippen molar-refractivity contribution < 1.29 is 9.53 Å². The van der Waals surface area contributed by atoms with Gasteiger partial charge in [0.25, 0.3) is 0 Å². The van der Waals surface area contributed by atoms with Crippen LogP contribution in [0, 0.1) is 0 Å². The first-order chi connectivity index (χ1) is 14.7. The summed E-state index contributed by atoms with van der Waals surface area (Å²) in [4.78, 5) is 29.6. The highest BCUT2D eigenvalue weighted by Gasteiger charge is 2.23. The first-order valence-corrected chi connectivity index (χ1v) is 10.7. The van der Waals surface area contributed by atoms with Gasteiger partial charge in [-0.05, 0) is 51.0 Å². The first kappa shape index (κ1) is 21.0. The number of amides is 1. The van der Waals surface area contributed by atoms with Crippen LogP contribution in [0.1, 0.15) is 26.3 Å². The molecule has 1 N–H and O–H groups in total. The van der Waals surface area contributed by atoms with Crippen molar-refractivity contribution in [1.29, 1.82) is 0 Å². The van der Waals surface area contributed by atoms with Gasteiger partial charge in [-0.1, -0.05) is 0 Å². The fourth-order valence-corrected chi connectivity index (χ4v) is 3.81. The van der Waals surface area contributed by atoms with E-state index in [9.17, 15) is 4.79 Å². The Morgan fingerprint density at radius 3 is 2.90 bits per heavy atom. The van der Waals surface area contributed by atoms with E-state index >= 15 is 0 Å². The van der Waals surface area contributed by atoms with Crippen LogP contribution in [-0.2, 0) is 11.2 Å². The Balaban J connectivity index is 1.54. The third-order valence-electron chi connectivity index (χ3n) is 4.79. The molecule has 0 saturated carbocycles. The molecule has 1 aliphatic rings. The highest BCUT2D eigenvalue weighted by atomic mass is 32.1. The normalized spacial score (nSPS) is 13.1. The van der Waals surface area contributed by atoms with Crippen molar-refractivity contribution in [3.63, 3.8) is 0 Å². The molecule has 4 rings (SSSR count). The highest BCUT2D eigenvalue weighted by molar-refractivity contribution is 7.09. The van der Waals surface area contributed by atoms with Crippen molar-refractivity contribution >= 4 is 39.9 Å². The van der Waals surface area contributed by atoms with Crippen molar-refractivity contribution in [3.05, 3.63) is 36.2 Å². The van der Waals surface area contributed by atoms with Crippen molar-refractivity contribution in [2.75, 3.05) is 35.8 Å². The molecule has 1 amide bonds. The highest BCUT2D eigenvalue weighted by Crippen LogP contribution is 2.31. The number of ether oxygens (including phenoxy) is 1. The summed E-state index contributed by atoms with van der Waals surface area (Å²) in [5.74, 6) is 1.05. The largest absolute Gasteiger partial charge is 0.443 e. The van der Waals surface area contributed by atoms with E-state index < -0.39 is 11.7 Å². The summed E-state index contributed by atoms with van der Waals surface area (Å²) in [6.07, 6.45) is 4.05. The minimum absolute atomic E-state index is 0.464. The van der Waals surface area contributed by atoms with Crippen LogP contribution in [0.25, 0.3) is 11.5 Å². The fraction of sp³-hybridized carbons (Fsp3) is 0.381. The first-order valence-electron chi connectivity index (χ1n) is 9.94. The van der Waals surface area contributed by atoms with Gasteiger partial charge in [-0.25, -0.2) is 9.78 Å². The maximum absolute atomic E-state index is 12.5. The summed E-state index contributed by atoms with van der Waals surface area (Å²) in [5, 5.41) is 3.73. The number of anilines is 4. The molecule has 31 heavy (non-hydrogen) atoms. The van der Waals surface area contributed by atoms with Gasteiger partial charge in [0.2, 0.25) is 5.13 Å². The summed E-state index contributed by atoms with van der Waals surface area (Å²) >= 11 is 1.21. The number of carbonyl (C=O) groups excluding carboxylic acids is 1. The van der Waals surface area contributed by atoms with E-state index in [2.05, 4.69) is 36.6 Å². The summed E-state index contributed by atoms with van der Waals surface area (Å²) < 4.78 is 9.90. The zero-order chi connectivity index (χ0) is 22.2.